The number of sulfonamides is 1. The average molecular weight is 538 g/mol. The fourth-order valence-corrected chi connectivity index (χ4v) is 6.84. The molecule has 2 fully saturated rings. The van der Waals surface area contributed by atoms with Crippen LogP contribution in [0.5, 0.6) is 5.75 Å². The third-order valence-electron chi connectivity index (χ3n) is 7.30. The van der Waals surface area contributed by atoms with Gasteiger partial charge in [0.1, 0.15) is 11.6 Å². The number of carbonyl (C=O) groups is 1. The molecule has 12 heteroatoms. The molecule has 0 bridgehead atoms. The maximum atomic E-state index is 14.2. The molecule has 8 nitrogen and oxygen atoms in total. The number of halogens is 3. The summed E-state index contributed by atoms with van der Waals surface area (Å²) >= 11 is 0. The number of ether oxygens (including phenoxy) is 1. The van der Waals surface area contributed by atoms with E-state index in [-0.39, 0.29) is 36.1 Å². The Morgan fingerprint density at radius 2 is 1.86 bits per heavy atom. The van der Waals surface area contributed by atoms with E-state index in [9.17, 15) is 31.5 Å². The van der Waals surface area contributed by atoms with Crippen molar-refractivity contribution in [2.45, 2.75) is 49.7 Å². The predicted octanol–water partition coefficient (Wildman–Crippen LogP) is 4.46. The van der Waals surface area contributed by atoms with Crippen LogP contribution >= 0.6 is 0 Å². The van der Waals surface area contributed by atoms with Crippen LogP contribution in [-0.4, -0.2) is 53.3 Å². The molecular weight excluding hydrogens is 511 g/mol. The van der Waals surface area contributed by atoms with Crippen molar-refractivity contribution in [3.05, 3.63) is 54.0 Å². The minimum atomic E-state index is -3.97. The molecule has 0 radical (unpaired) electrons. The van der Waals surface area contributed by atoms with E-state index >= 15 is 0 Å². The van der Waals surface area contributed by atoms with Gasteiger partial charge in [-0.3, -0.25) is 9.48 Å². The first-order valence-corrected chi connectivity index (χ1v) is 13.5. The molecular formula is C25H26F3N3O5S. The number of nitrogens with zero attached hydrogens (tertiary/aromatic N) is 3. The van der Waals surface area contributed by atoms with Gasteiger partial charge in [-0.15, -0.1) is 0 Å². The molecule has 198 valence electrons. The van der Waals surface area contributed by atoms with Gasteiger partial charge in [0.2, 0.25) is 10.0 Å². The van der Waals surface area contributed by atoms with Gasteiger partial charge in [-0.1, -0.05) is 19.3 Å². The van der Waals surface area contributed by atoms with Gasteiger partial charge in [-0.2, -0.15) is 18.2 Å². The zero-order valence-corrected chi connectivity index (χ0v) is 20.6. The quantitative estimate of drug-likeness (QED) is 0.433. The van der Waals surface area contributed by atoms with E-state index in [2.05, 4.69) is 9.84 Å². The van der Waals surface area contributed by atoms with Crippen molar-refractivity contribution in [3.63, 3.8) is 0 Å². The summed E-state index contributed by atoms with van der Waals surface area (Å²) < 4.78 is 73.4. The highest BCUT2D eigenvalue weighted by molar-refractivity contribution is 7.89. The first kappa shape index (κ1) is 25.5. The van der Waals surface area contributed by atoms with Crippen LogP contribution in [0.2, 0.25) is 0 Å². The smallest absolute Gasteiger partial charge is 0.387 e. The highest BCUT2D eigenvalue weighted by Gasteiger charge is 2.43. The van der Waals surface area contributed by atoms with Gasteiger partial charge >= 0.3 is 12.6 Å². The van der Waals surface area contributed by atoms with Gasteiger partial charge in [0.05, 0.1) is 28.6 Å². The van der Waals surface area contributed by atoms with Crippen LogP contribution in [0.4, 0.5) is 13.2 Å². The summed E-state index contributed by atoms with van der Waals surface area (Å²) in [5.74, 6) is -1.38. The molecule has 0 spiro atoms. The Morgan fingerprint density at radius 3 is 2.49 bits per heavy atom. The van der Waals surface area contributed by atoms with E-state index in [0.29, 0.717) is 22.5 Å². The molecule has 1 aliphatic heterocycles. The first-order valence-electron chi connectivity index (χ1n) is 12.1. The lowest BCUT2D eigenvalue weighted by Crippen LogP contribution is -2.29. The topological polar surface area (TPSA) is 102 Å². The van der Waals surface area contributed by atoms with Crippen LogP contribution in [0.1, 0.15) is 37.4 Å². The largest absolute Gasteiger partial charge is 0.481 e. The molecule has 2 aliphatic rings. The average Bonchev–Trinajstić information content (AvgIpc) is 3.37. The fourth-order valence-electron chi connectivity index (χ4n) is 5.32. The minimum absolute atomic E-state index is 0.0555. The Bertz CT molecular complexity index is 1410. The summed E-state index contributed by atoms with van der Waals surface area (Å²) in [5, 5.41) is 14.4. The number of aromatic nitrogens is 2. The summed E-state index contributed by atoms with van der Waals surface area (Å²) in [4.78, 5) is 11.4. The van der Waals surface area contributed by atoms with Crippen LogP contribution in [0, 0.1) is 17.7 Å². The van der Waals surface area contributed by atoms with E-state index < -0.39 is 34.5 Å². The van der Waals surface area contributed by atoms with Crippen LogP contribution in [0.3, 0.4) is 0 Å². The Hall–Kier alpha value is -3.12. The van der Waals surface area contributed by atoms with E-state index in [1.54, 1.807) is 4.68 Å². The SMILES string of the molecule is O=C(O)Cc1nn([C@H]2CN(S(=O)(=O)c3ccc(OC(F)F)cc3)C[C@H]2CC2CCC2)c2cc(F)ccc12. The molecule has 2 heterocycles. The van der Waals surface area contributed by atoms with Crippen molar-refractivity contribution in [2.24, 2.45) is 11.8 Å². The molecule has 0 unspecified atom stereocenters. The molecule has 1 N–H and O–H groups in total. The molecule has 1 saturated carbocycles. The van der Waals surface area contributed by atoms with Crippen molar-refractivity contribution in [3.8, 4) is 5.75 Å². The molecule has 1 aliphatic carbocycles. The molecule has 3 aromatic rings. The van der Waals surface area contributed by atoms with E-state index in [4.69, 9.17) is 0 Å². The minimum Gasteiger partial charge on any atom is -0.481 e. The fraction of sp³-hybridized carbons (Fsp3) is 0.440. The van der Waals surface area contributed by atoms with Gasteiger partial charge in [-0.25, -0.2) is 12.8 Å². The third-order valence-corrected chi connectivity index (χ3v) is 9.15. The van der Waals surface area contributed by atoms with Gasteiger partial charge < -0.3 is 9.84 Å². The lowest BCUT2D eigenvalue weighted by Gasteiger charge is -2.30. The molecule has 37 heavy (non-hydrogen) atoms. The van der Waals surface area contributed by atoms with Crippen molar-refractivity contribution < 1.29 is 36.2 Å². The number of hydrogen-bond acceptors (Lipinski definition) is 5. The van der Waals surface area contributed by atoms with E-state index in [1.807, 2.05) is 0 Å². The van der Waals surface area contributed by atoms with E-state index in [0.717, 1.165) is 25.7 Å². The number of carboxylic acid groups (broad SMARTS) is 1. The monoisotopic (exact) mass is 537 g/mol. The second kappa shape index (κ2) is 9.97. The predicted molar refractivity (Wildman–Crippen MR) is 127 cm³/mol. The zero-order chi connectivity index (χ0) is 26.3. The maximum absolute atomic E-state index is 14.2. The molecule has 2 atom stereocenters. The van der Waals surface area contributed by atoms with Crippen LogP contribution in [0.15, 0.2) is 47.4 Å². The van der Waals surface area contributed by atoms with Crippen molar-refractivity contribution >= 4 is 26.9 Å². The molecule has 5 rings (SSSR count). The Balaban J connectivity index is 1.49. The second-order valence-electron chi connectivity index (χ2n) is 9.66. The highest BCUT2D eigenvalue weighted by Crippen LogP contribution is 2.42. The number of fused-ring (bicyclic) bond motifs is 1. The molecule has 0 amide bonds. The zero-order valence-electron chi connectivity index (χ0n) is 19.8. The Kier molecular flexibility index (Phi) is 6.88. The van der Waals surface area contributed by atoms with Crippen molar-refractivity contribution in [1.29, 1.82) is 0 Å². The molecule has 2 aromatic carbocycles. The van der Waals surface area contributed by atoms with Crippen LogP contribution in [-0.2, 0) is 21.2 Å². The lowest BCUT2D eigenvalue weighted by atomic mass is 9.78. The number of rotatable bonds is 9. The van der Waals surface area contributed by atoms with Crippen LogP contribution in [0.25, 0.3) is 10.9 Å². The van der Waals surface area contributed by atoms with E-state index in [1.165, 1.54) is 46.8 Å². The molecule has 1 saturated heterocycles. The third kappa shape index (κ3) is 5.17. The maximum Gasteiger partial charge on any atom is 0.387 e. The standard InChI is InChI=1S/C25H26F3N3O5S/c26-17-4-9-20-21(12-24(32)33)29-31(22(20)11-17)23-14-30(13-16(23)10-15-2-1-3-15)37(34,35)19-7-5-18(6-8-19)36-25(27)28/h4-9,11,15-16,23,25H,1-3,10,12-14H2,(H,32,33)/t16-,23+/m1/s1. The van der Waals surface area contributed by atoms with Crippen LogP contribution < -0.4 is 4.74 Å². The Labute approximate surface area is 211 Å². The summed E-state index contributed by atoms with van der Waals surface area (Å²) in [7, 11) is -3.97. The summed E-state index contributed by atoms with van der Waals surface area (Å²) in [5.41, 5.74) is 0.716. The summed E-state index contributed by atoms with van der Waals surface area (Å²) in [6.45, 7) is -2.74. The summed E-state index contributed by atoms with van der Waals surface area (Å²) in [6, 6.07) is 8.44. The van der Waals surface area contributed by atoms with Gasteiger partial charge in [-0.05, 0) is 60.7 Å². The van der Waals surface area contributed by atoms with Crippen molar-refractivity contribution in [2.75, 3.05) is 13.1 Å². The summed E-state index contributed by atoms with van der Waals surface area (Å²) in [6.07, 6.45) is 3.66. The van der Waals surface area contributed by atoms with Crippen molar-refractivity contribution in [1.82, 2.24) is 14.1 Å². The first-order chi connectivity index (χ1) is 17.6. The molecule has 1 aromatic heterocycles. The number of aliphatic carboxylic acids is 1. The van der Waals surface area contributed by atoms with Gasteiger partial charge in [0, 0.05) is 18.5 Å². The second-order valence-corrected chi connectivity index (χ2v) is 11.6. The number of carboxylic acids is 1. The van der Waals surface area contributed by atoms with Gasteiger partial charge in [0.25, 0.3) is 0 Å². The number of hydrogen-bond donors (Lipinski definition) is 1. The lowest BCUT2D eigenvalue weighted by molar-refractivity contribution is -0.136. The Morgan fingerprint density at radius 1 is 1.14 bits per heavy atom. The van der Waals surface area contributed by atoms with Gasteiger partial charge in [0.15, 0.2) is 0 Å². The number of benzene rings is 2. The number of alkyl halides is 2. The normalized spacial score (nSPS) is 21.0. The highest BCUT2D eigenvalue weighted by atomic mass is 32.2.